The maximum atomic E-state index is 11.7. The van der Waals surface area contributed by atoms with Crippen LogP contribution in [0, 0.1) is 17.8 Å². The molecule has 2 N–H and O–H groups in total. The van der Waals surface area contributed by atoms with Crippen molar-refractivity contribution in [3.05, 3.63) is 0 Å². The highest BCUT2D eigenvalue weighted by Gasteiger charge is 2.28. The van der Waals surface area contributed by atoms with Gasteiger partial charge in [0.05, 0.1) is 5.75 Å². The first-order chi connectivity index (χ1) is 8.28. The second kappa shape index (κ2) is 6.52. The fraction of sp³-hybridized carbons (Fsp3) is 0.917. The van der Waals surface area contributed by atoms with Gasteiger partial charge in [0.2, 0.25) is 10.0 Å². The molecule has 0 amide bonds. The molecule has 1 fully saturated rings. The number of carbonyl (C=O) groups is 1. The lowest BCUT2D eigenvalue weighted by molar-refractivity contribution is -0.138. The maximum absolute atomic E-state index is 11.7. The number of hydrogen-bond acceptors (Lipinski definition) is 3. The van der Waals surface area contributed by atoms with Crippen LogP contribution < -0.4 is 4.72 Å². The smallest absolute Gasteiger partial charge is 0.303 e. The molecule has 6 heteroatoms. The molecule has 0 aromatic rings. The molecule has 1 saturated carbocycles. The Labute approximate surface area is 109 Å². The van der Waals surface area contributed by atoms with Crippen LogP contribution in [0.2, 0.25) is 0 Å². The monoisotopic (exact) mass is 277 g/mol. The molecular formula is C12H23NO4S. The van der Waals surface area contributed by atoms with E-state index in [4.69, 9.17) is 5.11 Å². The maximum Gasteiger partial charge on any atom is 0.303 e. The average Bonchev–Trinajstić information content (AvgIpc) is 2.96. The van der Waals surface area contributed by atoms with Gasteiger partial charge in [-0.3, -0.25) is 4.79 Å². The normalized spacial score (nSPS) is 17.9. The summed E-state index contributed by atoms with van der Waals surface area (Å²) in [5, 5.41) is 8.80. The van der Waals surface area contributed by atoms with Gasteiger partial charge in [-0.25, -0.2) is 13.1 Å². The van der Waals surface area contributed by atoms with E-state index in [2.05, 4.69) is 4.72 Å². The van der Waals surface area contributed by atoms with Crippen LogP contribution in [0.4, 0.5) is 0 Å². The van der Waals surface area contributed by atoms with Crippen LogP contribution in [-0.4, -0.2) is 31.8 Å². The molecular weight excluding hydrogens is 254 g/mol. The third kappa shape index (κ3) is 6.96. The summed E-state index contributed by atoms with van der Waals surface area (Å²) in [6, 6.07) is 0. The summed E-state index contributed by atoms with van der Waals surface area (Å²) >= 11 is 0. The Balaban J connectivity index is 2.41. The zero-order valence-electron chi connectivity index (χ0n) is 11.1. The Kier molecular flexibility index (Phi) is 5.59. The zero-order chi connectivity index (χ0) is 13.8. The molecule has 18 heavy (non-hydrogen) atoms. The standard InChI is InChI=1S/C12H23NO4S/c1-9(2)5-11(6-12(14)15)7-13-18(16,17)8-10-3-4-10/h9-11,13H,3-8H2,1-2H3,(H,14,15)/t11-/m0/s1. The van der Waals surface area contributed by atoms with Crippen LogP contribution in [0.3, 0.4) is 0 Å². The number of rotatable bonds is 9. The number of aliphatic carboxylic acids is 1. The minimum atomic E-state index is -3.23. The van der Waals surface area contributed by atoms with Crippen molar-refractivity contribution in [2.24, 2.45) is 17.8 Å². The Hall–Kier alpha value is -0.620. The number of carboxylic acids is 1. The van der Waals surface area contributed by atoms with E-state index in [1.165, 1.54) is 0 Å². The molecule has 1 aliphatic carbocycles. The van der Waals surface area contributed by atoms with Crippen molar-refractivity contribution in [1.29, 1.82) is 0 Å². The SMILES string of the molecule is CC(C)C[C@H](CNS(=O)(=O)CC1CC1)CC(=O)O. The summed E-state index contributed by atoms with van der Waals surface area (Å²) in [4.78, 5) is 10.7. The Bertz CT molecular complexity index is 374. The molecule has 1 aliphatic rings. The third-order valence-electron chi connectivity index (χ3n) is 3.01. The van der Waals surface area contributed by atoms with E-state index in [1.807, 2.05) is 13.8 Å². The molecule has 0 bridgehead atoms. The molecule has 0 unspecified atom stereocenters. The molecule has 106 valence electrons. The fourth-order valence-electron chi connectivity index (χ4n) is 2.05. The lowest BCUT2D eigenvalue weighted by atomic mass is 9.94. The molecule has 1 atom stereocenters. The van der Waals surface area contributed by atoms with Crippen molar-refractivity contribution in [2.75, 3.05) is 12.3 Å². The lowest BCUT2D eigenvalue weighted by Crippen LogP contribution is -2.33. The minimum Gasteiger partial charge on any atom is -0.481 e. The van der Waals surface area contributed by atoms with Gasteiger partial charge in [-0.1, -0.05) is 13.8 Å². The van der Waals surface area contributed by atoms with Crippen LogP contribution in [0.25, 0.3) is 0 Å². The zero-order valence-corrected chi connectivity index (χ0v) is 11.9. The van der Waals surface area contributed by atoms with Gasteiger partial charge in [0.15, 0.2) is 0 Å². The second-order valence-corrected chi connectivity index (χ2v) is 7.52. The fourth-order valence-corrected chi connectivity index (χ4v) is 3.61. The number of carboxylic acid groups (broad SMARTS) is 1. The van der Waals surface area contributed by atoms with Crippen molar-refractivity contribution in [3.8, 4) is 0 Å². The minimum absolute atomic E-state index is 0.0180. The van der Waals surface area contributed by atoms with Crippen LogP contribution in [0.15, 0.2) is 0 Å². The lowest BCUT2D eigenvalue weighted by Gasteiger charge is -2.17. The van der Waals surface area contributed by atoms with Crippen LogP contribution >= 0.6 is 0 Å². The first kappa shape index (κ1) is 15.4. The summed E-state index contributed by atoms with van der Waals surface area (Å²) in [7, 11) is -3.23. The number of hydrogen-bond donors (Lipinski definition) is 2. The van der Waals surface area contributed by atoms with Crippen molar-refractivity contribution in [1.82, 2.24) is 4.72 Å². The molecule has 0 aromatic carbocycles. The van der Waals surface area contributed by atoms with E-state index in [-0.39, 0.29) is 24.6 Å². The van der Waals surface area contributed by atoms with Gasteiger partial charge < -0.3 is 5.11 Å². The van der Waals surface area contributed by atoms with E-state index in [1.54, 1.807) is 0 Å². The van der Waals surface area contributed by atoms with E-state index < -0.39 is 16.0 Å². The van der Waals surface area contributed by atoms with Crippen molar-refractivity contribution in [3.63, 3.8) is 0 Å². The second-order valence-electron chi connectivity index (χ2n) is 5.67. The van der Waals surface area contributed by atoms with Crippen molar-refractivity contribution < 1.29 is 18.3 Å². The predicted molar refractivity (Wildman–Crippen MR) is 69.7 cm³/mol. The van der Waals surface area contributed by atoms with Gasteiger partial charge >= 0.3 is 5.97 Å². The van der Waals surface area contributed by atoms with Crippen molar-refractivity contribution >= 4 is 16.0 Å². The van der Waals surface area contributed by atoms with E-state index >= 15 is 0 Å². The molecule has 0 radical (unpaired) electrons. The largest absolute Gasteiger partial charge is 0.481 e. The highest BCUT2D eigenvalue weighted by Crippen LogP contribution is 2.30. The molecule has 1 rings (SSSR count). The quantitative estimate of drug-likeness (QED) is 0.668. The Morgan fingerprint density at radius 3 is 2.44 bits per heavy atom. The first-order valence-electron chi connectivity index (χ1n) is 6.47. The topological polar surface area (TPSA) is 83.5 Å². The summed E-state index contributed by atoms with van der Waals surface area (Å²) in [5.41, 5.74) is 0. The summed E-state index contributed by atoms with van der Waals surface area (Å²) in [5.74, 6) is -0.139. The third-order valence-corrected chi connectivity index (χ3v) is 4.53. The highest BCUT2D eigenvalue weighted by molar-refractivity contribution is 7.89. The molecule has 5 nitrogen and oxygen atoms in total. The van der Waals surface area contributed by atoms with Gasteiger partial charge in [-0.05, 0) is 37.0 Å². The van der Waals surface area contributed by atoms with Crippen LogP contribution in [-0.2, 0) is 14.8 Å². The summed E-state index contributed by atoms with van der Waals surface area (Å²) < 4.78 is 25.9. The Morgan fingerprint density at radius 2 is 2.00 bits per heavy atom. The van der Waals surface area contributed by atoms with Crippen molar-refractivity contribution in [2.45, 2.75) is 39.5 Å². The van der Waals surface area contributed by atoms with E-state index in [9.17, 15) is 13.2 Å². The average molecular weight is 277 g/mol. The molecule has 0 aliphatic heterocycles. The van der Waals surface area contributed by atoms with Gasteiger partial charge in [0.25, 0.3) is 0 Å². The number of nitrogens with one attached hydrogen (secondary N) is 1. The predicted octanol–water partition coefficient (Wildman–Crippen LogP) is 1.45. The molecule has 0 spiro atoms. The van der Waals surface area contributed by atoms with Gasteiger partial charge in [0, 0.05) is 13.0 Å². The van der Waals surface area contributed by atoms with Gasteiger partial charge in [-0.2, -0.15) is 0 Å². The Morgan fingerprint density at radius 1 is 1.39 bits per heavy atom. The van der Waals surface area contributed by atoms with Gasteiger partial charge in [-0.15, -0.1) is 0 Å². The van der Waals surface area contributed by atoms with E-state index in [0.717, 1.165) is 19.3 Å². The summed E-state index contributed by atoms with van der Waals surface area (Å²) in [6.07, 6.45) is 2.72. The highest BCUT2D eigenvalue weighted by atomic mass is 32.2. The van der Waals surface area contributed by atoms with Crippen LogP contribution in [0.5, 0.6) is 0 Å². The summed E-state index contributed by atoms with van der Waals surface area (Å²) in [6.45, 7) is 4.25. The molecule has 0 heterocycles. The number of sulfonamides is 1. The molecule has 0 aromatic heterocycles. The van der Waals surface area contributed by atoms with Crippen LogP contribution in [0.1, 0.15) is 39.5 Å². The first-order valence-corrected chi connectivity index (χ1v) is 8.13. The van der Waals surface area contributed by atoms with Gasteiger partial charge in [0.1, 0.15) is 0 Å². The molecule has 0 saturated heterocycles. The van der Waals surface area contributed by atoms with E-state index in [0.29, 0.717) is 11.8 Å².